The number of carbonyl (C=O) groups is 3. The largest absolute Gasteiger partial charge is 0.394 e. The minimum Gasteiger partial charge on any atom is -0.394 e. The maximum atomic E-state index is 14.1. The number of nitrogens with zero attached hydrogens (tertiary/aromatic N) is 3. The summed E-state index contributed by atoms with van der Waals surface area (Å²) < 4.78 is 6.69. The van der Waals surface area contributed by atoms with Crippen LogP contribution in [0.25, 0.3) is 0 Å². The van der Waals surface area contributed by atoms with E-state index in [1.807, 2.05) is 25.1 Å². The van der Waals surface area contributed by atoms with E-state index in [1.165, 1.54) is 0 Å². The Morgan fingerprint density at radius 1 is 1.30 bits per heavy atom. The molecule has 0 aromatic heterocycles. The van der Waals surface area contributed by atoms with Crippen molar-refractivity contribution >= 4 is 29.1 Å². The van der Waals surface area contributed by atoms with Gasteiger partial charge in [0.1, 0.15) is 0 Å². The highest BCUT2D eigenvalue weighted by molar-refractivity contribution is 6.09. The fraction of sp³-hybridized carbons (Fsp3) is 0.607. The summed E-state index contributed by atoms with van der Waals surface area (Å²) in [5, 5.41) is 21.0. The van der Waals surface area contributed by atoms with E-state index >= 15 is 0 Å². The Morgan fingerprint density at radius 2 is 2.05 bits per heavy atom. The van der Waals surface area contributed by atoms with Crippen molar-refractivity contribution in [2.75, 3.05) is 36.0 Å². The number of β-lactam (4-membered cyclic amide) rings is 1. The Balaban J connectivity index is 1.56. The molecule has 1 aromatic rings. The first kappa shape index (κ1) is 25.9. The average Bonchev–Trinajstić information content (AvgIpc) is 3.49. The lowest BCUT2D eigenvalue weighted by Crippen LogP contribution is -2.47. The maximum Gasteiger partial charge on any atom is 0.264 e. The normalized spacial score (nSPS) is 31.3. The summed E-state index contributed by atoms with van der Waals surface area (Å²) in [5.74, 6) is -1.33. The highest BCUT2D eigenvalue weighted by Crippen LogP contribution is 2.58. The van der Waals surface area contributed by atoms with E-state index in [-0.39, 0.29) is 43.3 Å². The van der Waals surface area contributed by atoms with Gasteiger partial charge < -0.3 is 29.6 Å². The van der Waals surface area contributed by atoms with E-state index in [0.717, 1.165) is 12.8 Å². The SMILES string of the molecule is C=CCN1C(=O)[C@]2(O[C@H](CC(=O)N3CCC[C@H]3CO)[C@@H](C(C)(C)O)[C@@H]2C)c2cc(N3CCC3=O)ccc21. The fourth-order valence-electron chi connectivity index (χ4n) is 6.97. The molecule has 0 bridgehead atoms. The summed E-state index contributed by atoms with van der Waals surface area (Å²) in [6.45, 7) is 10.5. The van der Waals surface area contributed by atoms with Crippen LogP contribution in [0, 0.1) is 11.8 Å². The summed E-state index contributed by atoms with van der Waals surface area (Å²) in [5.41, 5.74) is -0.579. The number of aliphatic hydroxyl groups is 2. The van der Waals surface area contributed by atoms with Crippen molar-refractivity contribution in [1.29, 1.82) is 0 Å². The molecule has 4 aliphatic heterocycles. The number of hydrogen-bond acceptors (Lipinski definition) is 6. The molecule has 0 unspecified atom stereocenters. The lowest BCUT2D eigenvalue weighted by Gasteiger charge is -2.35. The lowest BCUT2D eigenvalue weighted by atomic mass is 9.70. The van der Waals surface area contributed by atoms with Crippen LogP contribution in [-0.4, -0.2) is 76.8 Å². The van der Waals surface area contributed by atoms with E-state index in [9.17, 15) is 24.6 Å². The van der Waals surface area contributed by atoms with Crippen molar-refractivity contribution in [3.8, 4) is 0 Å². The zero-order valence-corrected chi connectivity index (χ0v) is 21.9. The molecule has 1 spiro atoms. The van der Waals surface area contributed by atoms with Gasteiger partial charge in [-0.05, 0) is 44.9 Å². The summed E-state index contributed by atoms with van der Waals surface area (Å²) in [6, 6.07) is 5.33. The molecule has 9 nitrogen and oxygen atoms in total. The molecule has 5 atom stereocenters. The van der Waals surface area contributed by atoms with Gasteiger partial charge in [-0.1, -0.05) is 13.0 Å². The molecule has 0 aliphatic carbocycles. The molecule has 3 fully saturated rings. The van der Waals surface area contributed by atoms with Crippen LogP contribution in [0.1, 0.15) is 52.0 Å². The van der Waals surface area contributed by atoms with Crippen LogP contribution in [0.15, 0.2) is 30.9 Å². The number of hydrogen-bond donors (Lipinski definition) is 2. The van der Waals surface area contributed by atoms with Gasteiger partial charge in [0.05, 0.1) is 36.5 Å². The van der Waals surface area contributed by atoms with E-state index in [0.29, 0.717) is 36.4 Å². The van der Waals surface area contributed by atoms with Crippen LogP contribution in [0.5, 0.6) is 0 Å². The average molecular weight is 512 g/mol. The minimum atomic E-state index is -1.40. The van der Waals surface area contributed by atoms with Crippen molar-refractivity contribution in [2.24, 2.45) is 11.8 Å². The molecule has 4 heterocycles. The molecule has 0 radical (unpaired) electrons. The van der Waals surface area contributed by atoms with Crippen LogP contribution in [0.2, 0.25) is 0 Å². The Hall–Kier alpha value is -2.75. The number of benzene rings is 1. The molecule has 9 heteroatoms. The maximum absolute atomic E-state index is 14.1. The van der Waals surface area contributed by atoms with Crippen LogP contribution in [0.3, 0.4) is 0 Å². The molecular weight excluding hydrogens is 474 g/mol. The highest BCUT2D eigenvalue weighted by atomic mass is 16.5. The number of rotatable bonds is 7. The topological polar surface area (TPSA) is 111 Å². The van der Waals surface area contributed by atoms with Crippen LogP contribution in [-0.2, 0) is 24.7 Å². The predicted octanol–water partition coefficient (Wildman–Crippen LogP) is 1.95. The third kappa shape index (κ3) is 3.90. The van der Waals surface area contributed by atoms with Crippen molar-refractivity contribution in [1.82, 2.24) is 4.90 Å². The molecular formula is C28H37N3O6. The summed E-state index contributed by atoms with van der Waals surface area (Å²) in [7, 11) is 0. The Kier molecular flexibility index (Phi) is 6.45. The Morgan fingerprint density at radius 3 is 2.65 bits per heavy atom. The predicted molar refractivity (Wildman–Crippen MR) is 138 cm³/mol. The Bertz CT molecular complexity index is 1130. The number of carbonyl (C=O) groups excluding carboxylic acids is 3. The van der Waals surface area contributed by atoms with Gasteiger partial charge in [0.15, 0.2) is 5.60 Å². The second-order valence-corrected chi connectivity index (χ2v) is 11.3. The lowest BCUT2D eigenvalue weighted by molar-refractivity contribution is -0.150. The number of aliphatic hydroxyl groups excluding tert-OH is 1. The molecule has 5 rings (SSSR count). The van der Waals surface area contributed by atoms with Crippen LogP contribution < -0.4 is 9.80 Å². The highest BCUT2D eigenvalue weighted by Gasteiger charge is 2.66. The van der Waals surface area contributed by atoms with Gasteiger partial charge in [-0.25, -0.2) is 0 Å². The number of anilines is 2. The second kappa shape index (κ2) is 9.22. The molecule has 4 aliphatic rings. The molecule has 200 valence electrons. The molecule has 3 saturated heterocycles. The number of ether oxygens (including phenoxy) is 1. The number of fused-ring (bicyclic) bond motifs is 2. The molecule has 37 heavy (non-hydrogen) atoms. The standard InChI is InChI=1S/C28H37N3O6/c1-5-11-31-21-9-8-18(30-13-10-23(30)33)14-20(21)28(26(31)35)17(2)25(27(3,4)36)22(37-28)15-24(34)29-12-6-7-19(29)16-32/h5,8-9,14,17,19,22,25,32,36H,1,6-7,10-13,15-16H2,2-4H3/t17-,19-,22+,25-,28+/m0/s1. The number of amides is 3. The van der Waals surface area contributed by atoms with E-state index < -0.39 is 29.1 Å². The third-order valence-corrected chi connectivity index (χ3v) is 8.73. The van der Waals surface area contributed by atoms with Crippen molar-refractivity contribution < 1.29 is 29.3 Å². The first-order valence-corrected chi connectivity index (χ1v) is 13.2. The minimum absolute atomic E-state index is 0.00558. The third-order valence-electron chi connectivity index (χ3n) is 8.73. The summed E-state index contributed by atoms with van der Waals surface area (Å²) in [4.78, 5) is 44.7. The van der Waals surface area contributed by atoms with Gasteiger partial charge in [0.25, 0.3) is 5.91 Å². The summed E-state index contributed by atoms with van der Waals surface area (Å²) >= 11 is 0. The fourth-order valence-corrected chi connectivity index (χ4v) is 6.97. The van der Waals surface area contributed by atoms with E-state index in [4.69, 9.17) is 4.74 Å². The first-order valence-electron chi connectivity index (χ1n) is 13.2. The molecule has 0 saturated carbocycles. The van der Waals surface area contributed by atoms with Gasteiger partial charge in [-0.2, -0.15) is 0 Å². The van der Waals surface area contributed by atoms with Gasteiger partial charge in [-0.3, -0.25) is 14.4 Å². The van der Waals surface area contributed by atoms with Gasteiger partial charge in [0, 0.05) is 49.1 Å². The molecule has 2 N–H and O–H groups in total. The second-order valence-electron chi connectivity index (χ2n) is 11.3. The first-order chi connectivity index (χ1) is 17.5. The monoisotopic (exact) mass is 511 g/mol. The van der Waals surface area contributed by atoms with Gasteiger partial charge in [0.2, 0.25) is 11.8 Å². The Labute approximate surface area is 217 Å². The zero-order valence-electron chi connectivity index (χ0n) is 21.9. The van der Waals surface area contributed by atoms with Crippen LogP contribution >= 0.6 is 0 Å². The van der Waals surface area contributed by atoms with Crippen LogP contribution in [0.4, 0.5) is 11.4 Å². The van der Waals surface area contributed by atoms with Crippen molar-refractivity contribution in [3.05, 3.63) is 36.4 Å². The van der Waals surface area contributed by atoms with Crippen molar-refractivity contribution in [2.45, 2.75) is 69.8 Å². The smallest absolute Gasteiger partial charge is 0.264 e. The molecule has 1 aromatic carbocycles. The van der Waals surface area contributed by atoms with E-state index in [1.54, 1.807) is 34.6 Å². The zero-order chi connectivity index (χ0) is 26.7. The summed E-state index contributed by atoms with van der Waals surface area (Å²) in [6.07, 6.45) is 3.03. The quantitative estimate of drug-likeness (QED) is 0.428. The van der Waals surface area contributed by atoms with Gasteiger partial charge in [-0.15, -0.1) is 6.58 Å². The van der Waals surface area contributed by atoms with Gasteiger partial charge >= 0.3 is 0 Å². The molecule has 3 amide bonds. The number of likely N-dealkylation sites (tertiary alicyclic amines) is 1. The van der Waals surface area contributed by atoms with Crippen molar-refractivity contribution in [3.63, 3.8) is 0 Å². The van der Waals surface area contributed by atoms with E-state index in [2.05, 4.69) is 6.58 Å².